The number of halogens is 3. The van der Waals surface area contributed by atoms with E-state index in [0.29, 0.717) is 6.07 Å². The first kappa shape index (κ1) is 13.6. The molecule has 1 N–H and O–H groups in total. The number of anilines is 1. The standard InChI is InChI=1S/C10H6ClF2N3O2S/c11-9-4-15-10(5-14-9)16-19(17,18)6-1-2-7(12)8(13)3-6/h1-5H,(H,15,16). The van der Waals surface area contributed by atoms with Gasteiger partial charge in [0.15, 0.2) is 17.5 Å². The van der Waals surface area contributed by atoms with Gasteiger partial charge >= 0.3 is 0 Å². The van der Waals surface area contributed by atoms with Crippen molar-refractivity contribution in [1.82, 2.24) is 9.97 Å². The van der Waals surface area contributed by atoms with E-state index in [9.17, 15) is 17.2 Å². The SMILES string of the molecule is O=S(=O)(Nc1cnc(Cl)cn1)c1ccc(F)c(F)c1. The van der Waals surface area contributed by atoms with E-state index >= 15 is 0 Å². The van der Waals surface area contributed by atoms with E-state index < -0.39 is 26.6 Å². The summed E-state index contributed by atoms with van der Waals surface area (Å²) >= 11 is 5.50. The van der Waals surface area contributed by atoms with E-state index in [4.69, 9.17) is 11.6 Å². The van der Waals surface area contributed by atoms with Crippen LogP contribution in [0.25, 0.3) is 0 Å². The summed E-state index contributed by atoms with van der Waals surface area (Å²) in [5.74, 6) is -2.48. The molecule has 1 aromatic carbocycles. The van der Waals surface area contributed by atoms with E-state index in [0.717, 1.165) is 24.5 Å². The van der Waals surface area contributed by atoms with Gasteiger partial charge in [-0.05, 0) is 18.2 Å². The van der Waals surface area contributed by atoms with Crippen LogP contribution in [0.4, 0.5) is 14.6 Å². The van der Waals surface area contributed by atoms with E-state index in [1.165, 1.54) is 0 Å². The van der Waals surface area contributed by atoms with E-state index in [1.54, 1.807) is 0 Å². The van der Waals surface area contributed by atoms with Crippen LogP contribution < -0.4 is 4.72 Å². The van der Waals surface area contributed by atoms with Crippen LogP contribution in [0.15, 0.2) is 35.5 Å². The van der Waals surface area contributed by atoms with Crippen LogP contribution in [0.2, 0.25) is 5.15 Å². The smallest absolute Gasteiger partial charge is 0.262 e. The zero-order valence-electron chi connectivity index (χ0n) is 9.14. The molecule has 100 valence electrons. The highest BCUT2D eigenvalue weighted by molar-refractivity contribution is 7.92. The van der Waals surface area contributed by atoms with Crippen LogP contribution in [0.1, 0.15) is 0 Å². The van der Waals surface area contributed by atoms with E-state index in [2.05, 4.69) is 14.7 Å². The molecular weight excluding hydrogens is 300 g/mol. The van der Waals surface area contributed by atoms with Crippen molar-refractivity contribution in [3.63, 3.8) is 0 Å². The summed E-state index contributed by atoms with van der Waals surface area (Å²) in [6, 6.07) is 2.22. The Labute approximate surface area is 112 Å². The molecule has 0 aliphatic rings. The van der Waals surface area contributed by atoms with Gasteiger partial charge in [0.25, 0.3) is 10.0 Å². The molecule has 0 saturated carbocycles. The quantitative estimate of drug-likeness (QED) is 0.943. The van der Waals surface area contributed by atoms with Crippen LogP contribution >= 0.6 is 11.6 Å². The van der Waals surface area contributed by atoms with Crippen LogP contribution in [-0.4, -0.2) is 18.4 Å². The summed E-state index contributed by atoms with van der Waals surface area (Å²) < 4.78 is 51.5. The molecule has 2 aromatic rings. The summed E-state index contributed by atoms with van der Waals surface area (Å²) in [7, 11) is -4.07. The number of hydrogen-bond donors (Lipinski definition) is 1. The highest BCUT2D eigenvalue weighted by Crippen LogP contribution is 2.17. The lowest BCUT2D eigenvalue weighted by atomic mass is 10.3. The maximum Gasteiger partial charge on any atom is 0.263 e. The Morgan fingerprint density at radius 2 is 1.84 bits per heavy atom. The maximum absolute atomic E-state index is 13.0. The average molecular weight is 306 g/mol. The molecule has 0 saturated heterocycles. The third-order valence-corrected chi connectivity index (χ3v) is 3.61. The average Bonchev–Trinajstić information content (AvgIpc) is 2.35. The van der Waals surface area contributed by atoms with Gasteiger partial charge in [-0.15, -0.1) is 0 Å². The van der Waals surface area contributed by atoms with E-state index in [-0.39, 0.29) is 11.0 Å². The summed E-state index contributed by atoms with van der Waals surface area (Å²) in [5.41, 5.74) is 0. The largest absolute Gasteiger partial charge is 0.263 e. The van der Waals surface area contributed by atoms with Gasteiger partial charge in [0.2, 0.25) is 0 Å². The van der Waals surface area contributed by atoms with Gasteiger partial charge in [0.05, 0.1) is 17.3 Å². The van der Waals surface area contributed by atoms with Gasteiger partial charge in [0.1, 0.15) is 5.15 Å². The maximum atomic E-state index is 13.0. The molecule has 0 atom stereocenters. The minimum absolute atomic E-state index is 0.0888. The number of nitrogens with one attached hydrogen (secondary N) is 1. The van der Waals surface area contributed by atoms with Gasteiger partial charge < -0.3 is 0 Å². The van der Waals surface area contributed by atoms with E-state index in [1.807, 2.05) is 0 Å². The predicted octanol–water partition coefficient (Wildman–Crippen LogP) is 2.21. The zero-order chi connectivity index (χ0) is 14.0. The van der Waals surface area contributed by atoms with Crippen molar-refractivity contribution >= 4 is 27.4 Å². The molecule has 0 aliphatic carbocycles. The van der Waals surface area contributed by atoms with Crippen LogP contribution in [0, 0.1) is 11.6 Å². The van der Waals surface area contributed by atoms with Crippen LogP contribution in [-0.2, 0) is 10.0 Å². The van der Waals surface area contributed by atoms with Crippen molar-refractivity contribution in [3.8, 4) is 0 Å². The number of benzene rings is 1. The van der Waals surface area contributed by atoms with Crippen LogP contribution in [0.5, 0.6) is 0 Å². The minimum atomic E-state index is -4.07. The molecule has 9 heteroatoms. The molecule has 1 aromatic heterocycles. The molecule has 5 nitrogen and oxygen atoms in total. The second-order valence-electron chi connectivity index (χ2n) is 3.41. The number of hydrogen-bond acceptors (Lipinski definition) is 4. The fourth-order valence-electron chi connectivity index (χ4n) is 1.21. The van der Waals surface area contributed by atoms with Crippen molar-refractivity contribution in [2.45, 2.75) is 4.90 Å². The molecular formula is C10H6ClF2N3O2S. The molecule has 0 amide bonds. The Balaban J connectivity index is 2.32. The Bertz CT molecular complexity index is 707. The predicted molar refractivity (Wildman–Crippen MR) is 64.2 cm³/mol. The van der Waals surface area contributed by atoms with Crippen molar-refractivity contribution in [1.29, 1.82) is 0 Å². The van der Waals surface area contributed by atoms with Crippen molar-refractivity contribution in [2.75, 3.05) is 4.72 Å². The van der Waals surface area contributed by atoms with Crippen LogP contribution in [0.3, 0.4) is 0 Å². The molecule has 0 unspecified atom stereocenters. The fraction of sp³-hybridized carbons (Fsp3) is 0. The Morgan fingerprint density at radius 1 is 1.11 bits per heavy atom. The molecule has 0 aliphatic heterocycles. The monoisotopic (exact) mass is 305 g/mol. The van der Waals surface area contributed by atoms with Gasteiger partial charge in [-0.2, -0.15) is 0 Å². The van der Waals surface area contributed by atoms with Gasteiger partial charge in [-0.25, -0.2) is 27.2 Å². The summed E-state index contributed by atoms with van der Waals surface area (Å²) in [4.78, 5) is 6.88. The summed E-state index contributed by atoms with van der Waals surface area (Å²) in [6.45, 7) is 0. The second-order valence-corrected chi connectivity index (χ2v) is 5.48. The minimum Gasteiger partial charge on any atom is -0.262 e. The lowest BCUT2D eigenvalue weighted by molar-refractivity contribution is 0.504. The first-order valence-electron chi connectivity index (χ1n) is 4.84. The second kappa shape index (κ2) is 5.06. The third kappa shape index (κ3) is 3.15. The molecule has 0 fully saturated rings. The first-order chi connectivity index (χ1) is 8.88. The van der Waals surface area contributed by atoms with Crippen molar-refractivity contribution < 1.29 is 17.2 Å². The van der Waals surface area contributed by atoms with Gasteiger partial charge in [-0.1, -0.05) is 11.6 Å². The van der Waals surface area contributed by atoms with Gasteiger partial charge in [-0.3, -0.25) is 4.72 Å². The Kier molecular flexibility index (Phi) is 3.63. The molecule has 0 radical (unpaired) electrons. The molecule has 19 heavy (non-hydrogen) atoms. The third-order valence-electron chi connectivity index (χ3n) is 2.06. The number of nitrogens with zero attached hydrogens (tertiary/aromatic N) is 2. The van der Waals surface area contributed by atoms with Gasteiger partial charge in [0, 0.05) is 0 Å². The topological polar surface area (TPSA) is 72.0 Å². The summed E-state index contributed by atoms with van der Waals surface area (Å²) in [5, 5.41) is 0.0933. The number of rotatable bonds is 3. The Hall–Kier alpha value is -1.80. The fourth-order valence-corrected chi connectivity index (χ4v) is 2.31. The highest BCUT2D eigenvalue weighted by atomic mass is 35.5. The number of aromatic nitrogens is 2. The zero-order valence-corrected chi connectivity index (χ0v) is 10.7. The lowest BCUT2D eigenvalue weighted by Crippen LogP contribution is -2.14. The normalized spacial score (nSPS) is 11.3. The number of sulfonamides is 1. The Morgan fingerprint density at radius 3 is 2.42 bits per heavy atom. The van der Waals surface area contributed by atoms with Crippen molar-refractivity contribution in [3.05, 3.63) is 47.4 Å². The lowest BCUT2D eigenvalue weighted by Gasteiger charge is -2.07. The molecule has 0 spiro atoms. The molecule has 2 rings (SSSR count). The first-order valence-corrected chi connectivity index (χ1v) is 6.70. The summed E-state index contributed by atoms with van der Waals surface area (Å²) in [6.07, 6.45) is 2.24. The molecule has 0 bridgehead atoms. The molecule has 1 heterocycles. The highest BCUT2D eigenvalue weighted by Gasteiger charge is 2.17. The van der Waals surface area contributed by atoms with Crippen molar-refractivity contribution in [2.24, 2.45) is 0 Å².